The number of aromatic hydroxyl groups is 1. The van der Waals surface area contributed by atoms with Gasteiger partial charge < -0.3 is 10.0 Å². The molecule has 3 aromatic rings. The molecule has 0 aliphatic carbocycles. The summed E-state index contributed by atoms with van der Waals surface area (Å²) in [6.45, 7) is 0.353. The van der Waals surface area contributed by atoms with Crippen molar-refractivity contribution in [1.82, 2.24) is 15.1 Å². The maximum atomic E-state index is 12.9. The van der Waals surface area contributed by atoms with Crippen LogP contribution in [0.5, 0.6) is 5.75 Å². The zero-order chi connectivity index (χ0) is 21.0. The van der Waals surface area contributed by atoms with Crippen LogP contribution in [0.2, 0.25) is 5.02 Å². The van der Waals surface area contributed by atoms with Crippen molar-refractivity contribution in [1.29, 1.82) is 0 Å². The predicted molar refractivity (Wildman–Crippen MR) is 102 cm³/mol. The SMILES string of the molecule is O=C(c1cc(C(F)(F)F)n[nH]1)N(CCc1ccc(O)cc1)Cc1ccccc1Cl. The van der Waals surface area contributed by atoms with Gasteiger partial charge in [-0.15, -0.1) is 0 Å². The third-order valence-corrected chi connectivity index (χ3v) is 4.68. The van der Waals surface area contributed by atoms with Crippen LogP contribution < -0.4 is 0 Å². The van der Waals surface area contributed by atoms with E-state index in [1.807, 2.05) is 0 Å². The molecule has 0 aliphatic rings. The van der Waals surface area contributed by atoms with Gasteiger partial charge in [-0.2, -0.15) is 18.3 Å². The van der Waals surface area contributed by atoms with Crippen molar-refractivity contribution in [3.05, 3.63) is 82.1 Å². The first kappa shape index (κ1) is 20.7. The van der Waals surface area contributed by atoms with Gasteiger partial charge in [-0.05, 0) is 35.7 Å². The number of halogens is 4. The Morgan fingerprint density at radius 1 is 1.14 bits per heavy atom. The smallest absolute Gasteiger partial charge is 0.435 e. The monoisotopic (exact) mass is 423 g/mol. The van der Waals surface area contributed by atoms with Gasteiger partial charge in [0.2, 0.25) is 0 Å². The van der Waals surface area contributed by atoms with Gasteiger partial charge in [-0.3, -0.25) is 9.89 Å². The molecule has 0 atom stereocenters. The normalized spacial score (nSPS) is 11.4. The van der Waals surface area contributed by atoms with E-state index in [-0.39, 0.29) is 24.5 Å². The maximum absolute atomic E-state index is 12.9. The van der Waals surface area contributed by atoms with Crippen molar-refractivity contribution < 1.29 is 23.1 Å². The van der Waals surface area contributed by atoms with E-state index >= 15 is 0 Å². The van der Waals surface area contributed by atoms with E-state index in [0.29, 0.717) is 23.1 Å². The second-order valence-corrected chi connectivity index (χ2v) is 6.81. The van der Waals surface area contributed by atoms with Gasteiger partial charge in [0.25, 0.3) is 5.91 Å². The number of carbonyl (C=O) groups excluding carboxylic acids is 1. The minimum atomic E-state index is -4.64. The third-order valence-electron chi connectivity index (χ3n) is 4.31. The molecule has 1 heterocycles. The van der Waals surface area contributed by atoms with Gasteiger partial charge in [0.05, 0.1) is 0 Å². The molecule has 3 rings (SSSR count). The van der Waals surface area contributed by atoms with Crippen LogP contribution >= 0.6 is 11.6 Å². The second kappa shape index (κ2) is 8.57. The van der Waals surface area contributed by atoms with E-state index in [1.54, 1.807) is 36.4 Å². The van der Waals surface area contributed by atoms with Crippen molar-refractivity contribution in [2.24, 2.45) is 0 Å². The standard InChI is InChI=1S/C20H17ClF3N3O2/c21-16-4-2-1-3-14(16)12-27(10-9-13-5-7-15(28)8-6-13)19(29)17-11-18(26-25-17)20(22,23)24/h1-8,11,28H,9-10,12H2,(H,25,26). The van der Waals surface area contributed by atoms with Gasteiger partial charge in [0, 0.05) is 24.2 Å². The van der Waals surface area contributed by atoms with E-state index in [2.05, 4.69) is 10.2 Å². The number of nitrogens with one attached hydrogen (secondary N) is 1. The fourth-order valence-electron chi connectivity index (χ4n) is 2.76. The van der Waals surface area contributed by atoms with Crippen molar-refractivity contribution in [2.75, 3.05) is 6.54 Å². The Hall–Kier alpha value is -3.00. The number of carbonyl (C=O) groups is 1. The molecule has 0 saturated heterocycles. The van der Waals surface area contributed by atoms with Crippen LogP contribution in [0.15, 0.2) is 54.6 Å². The maximum Gasteiger partial charge on any atom is 0.435 e. The quantitative estimate of drug-likeness (QED) is 0.605. The number of aromatic nitrogens is 2. The van der Waals surface area contributed by atoms with Crippen LogP contribution in [-0.2, 0) is 19.1 Å². The zero-order valence-corrected chi connectivity index (χ0v) is 15.8. The molecule has 2 aromatic carbocycles. The fraction of sp³-hybridized carbons (Fsp3) is 0.200. The average Bonchev–Trinajstić information content (AvgIpc) is 3.18. The largest absolute Gasteiger partial charge is 0.508 e. The van der Waals surface area contributed by atoms with Crippen LogP contribution in [0, 0.1) is 0 Å². The Labute approximate surface area is 169 Å². The summed E-state index contributed by atoms with van der Waals surface area (Å²) in [5.41, 5.74) is 0.122. The highest BCUT2D eigenvalue weighted by Crippen LogP contribution is 2.28. The Balaban J connectivity index is 1.82. The molecule has 0 unspecified atom stereocenters. The molecule has 0 fully saturated rings. The van der Waals surface area contributed by atoms with E-state index in [0.717, 1.165) is 5.56 Å². The van der Waals surface area contributed by atoms with E-state index in [9.17, 15) is 23.1 Å². The molecule has 29 heavy (non-hydrogen) atoms. The summed E-state index contributed by atoms with van der Waals surface area (Å²) in [4.78, 5) is 14.3. The Morgan fingerprint density at radius 3 is 2.45 bits per heavy atom. The molecule has 0 bridgehead atoms. The van der Waals surface area contributed by atoms with Crippen LogP contribution in [0.3, 0.4) is 0 Å². The Kier molecular flexibility index (Phi) is 6.12. The van der Waals surface area contributed by atoms with Gasteiger partial charge in [0.1, 0.15) is 11.4 Å². The highest BCUT2D eigenvalue weighted by atomic mass is 35.5. The number of phenols is 1. The zero-order valence-electron chi connectivity index (χ0n) is 15.1. The van der Waals surface area contributed by atoms with Gasteiger partial charge in [0.15, 0.2) is 5.69 Å². The lowest BCUT2D eigenvalue weighted by atomic mass is 10.1. The molecule has 1 amide bonds. The number of phenolic OH excluding ortho intramolecular Hbond substituents is 1. The van der Waals surface area contributed by atoms with Crippen LogP contribution in [-0.4, -0.2) is 32.7 Å². The average molecular weight is 424 g/mol. The molecular weight excluding hydrogens is 407 g/mol. The lowest BCUT2D eigenvalue weighted by Crippen LogP contribution is -2.33. The topological polar surface area (TPSA) is 69.2 Å². The highest BCUT2D eigenvalue weighted by molar-refractivity contribution is 6.31. The number of aromatic amines is 1. The van der Waals surface area contributed by atoms with Crippen LogP contribution in [0.4, 0.5) is 13.2 Å². The van der Waals surface area contributed by atoms with E-state index in [4.69, 9.17) is 11.6 Å². The summed E-state index contributed by atoms with van der Waals surface area (Å²) < 4.78 is 38.5. The first-order chi connectivity index (χ1) is 13.7. The van der Waals surface area contributed by atoms with Crippen molar-refractivity contribution >= 4 is 17.5 Å². The number of hydrogen-bond donors (Lipinski definition) is 2. The van der Waals surface area contributed by atoms with Crippen molar-refractivity contribution in [3.8, 4) is 5.75 Å². The molecular formula is C20H17ClF3N3O2. The fourth-order valence-corrected chi connectivity index (χ4v) is 2.95. The van der Waals surface area contributed by atoms with Gasteiger partial charge in [-0.25, -0.2) is 0 Å². The molecule has 1 aromatic heterocycles. The van der Waals surface area contributed by atoms with Crippen LogP contribution in [0.1, 0.15) is 27.3 Å². The molecule has 5 nitrogen and oxygen atoms in total. The minimum absolute atomic E-state index is 0.120. The van der Waals surface area contributed by atoms with E-state index < -0.39 is 17.8 Å². The van der Waals surface area contributed by atoms with Crippen LogP contribution in [0.25, 0.3) is 0 Å². The number of amides is 1. The minimum Gasteiger partial charge on any atom is -0.508 e. The Morgan fingerprint density at radius 2 is 1.83 bits per heavy atom. The molecule has 0 radical (unpaired) electrons. The van der Waals surface area contributed by atoms with Gasteiger partial charge in [-0.1, -0.05) is 41.9 Å². The first-order valence-corrected chi connectivity index (χ1v) is 9.05. The Bertz CT molecular complexity index is 987. The second-order valence-electron chi connectivity index (χ2n) is 6.40. The highest BCUT2D eigenvalue weighted by Gasteiger charge is 2.35. The molecule has 152 valence electrons. The summed E-state index contributed by atoms with van der Waals surface area (Å²) in [6, 6.07) is 14.1. The summed E-state index contributed by atoms with van der Waals surface area (Å²) in [5, 5.41) is 15.2. The molecule has 9 heteroatoms. The number of rotatable bonds is 6. The van der Waals surface area contributed by atoms with Gasteiger partial charge >= 0.3 is 6.18 Å². The summed E-state index contributed by atoms with van der Waals surface area (Å²) in [5.74, 6) is -0.499. The van der Waals surface area contributed by atoms with E-state index in [1.165, 1.54) is 17.0 Å². The molecule has 2 N–H and O–H groups in total. The predicted octanol–water partition coefficient (Wildman–Crippen LogP) is 4.67. The number of benzene rings is 2. The summed E-state index contributed by atoms with van der Waals surface area (Å²) >= 11 is 6.18. The van der Waals surface area contributed by atoms with Crippen molar-refractivity contribution in [3.63, 3.8) is 0 Å². The van der Waals surface area contributed by atoms with Crippen molar-refractivity contribution in [2.45, 2.75) is 19.1 Å². The first-order valence-electron chi connectivity index (χ1n) is 8.67. The third kappa shape index (κ3) is 5.29. The summed E-state index contributed by atoms with van der Waals surface area (Å²) in [7, 11) is 0. The summed E-state index contributed by atoms with van der Waals surface area (Å²) in [6.07, 6.45) is -4.20. The number of H-pyrrole nitrogens is 1. The molecule has 0 spiro atoms. The molecule has 0 aliphatic heterocycles. The number of hydrogen-bond acceptors (Lipinski definition) is 3. The lowest BCUT2D eigenvalue weighted by Gasteiger charge is -2.23. The number of alkyl halides is 3. The number of nitrogens with zero attached hydrogens (tertiary/aromatic N) is 2. The lowest BCUT2D eigenvalue weighted by molar-refractivity contribution is -0.141. The molecule has 0 saturated carbocycles.